The number of likely N-dealkylation sites (tertiary alicyclic amines) is 1. The summed E-state index contributed by atoms with van der Waals surface area (Å²) in [6.45, 7) is 6.40. The van der Waals surface area contributed by atoms with E-state index in [4.69, 9.17) is 16.3 Å². The molecule has 1 fully saturated rings. The number of carbonyl (C=O) groups is 2. The molecule has 2 atom stereocenters. The fourth-order valence-corrected chi connectivity index (χ4v) is 3.02. The molecule has 0 radical (unpaired) electrons. The molecule has 2 unspecified atom stereocenters. The molecule has 1 aliphatic heterocycles. The number of ether oxygens (including phenoxy) is 1. The van der Waals surface area contributed by atoms with Crippen LogP contribution in [0.4, 0.5) is 10.5 Å². The van der Waals surface area contributed by atoms with Gasteiger partial charge in [0.15, 0.2) is 0 Å². The summed E-state index contributed by atoms with van der Waals surface area (Å²) in [7, 11) is 3.91. The van der Waals surface area contributed by atoms with E-state index in [2.05, 4.69) is 5.32 Å². The van der Waals surface area contributed by atoms with Crippen molar-refractivity contribution in [2.24, 2.45) is 5.92 Å². The quantitative estimate of drug-likeness (QED) is 0.870. The van der Waals surface area contributed by atoms with Gasteiger partial charge in [-0.1, -0.05) is 11.6 Å². The molecule has 144 valence electrons. The SMILES string of the molecule is CN(C)C1CC(C(=O)Nc2ccc(Cl)cc2)CN(C(=O)OC(C)(C)C)C1. The minimum atomic E-state index is -0.566. The molecule has 1 aromatic rings. The summed E-state index contributed by atoms with van der Waals surface area (Å²) >= 11 is 5.88. The molecule has 1 N–H and O–H groups in total. The van der Waals surface area contributed by atoms with Crippen LogP contribution >= 0.6 is 11.6 Å². The first kappa shape index (κ1) is 20.5. The first-order valence-electron chi connectivity index (χ1n) is 8.76. The zero-order valence-electron chi connectivity index (χ0n) is 16.1. The molecule has 0 aliphatic carbocycles. The molecule has 26 heavy (non-hydrogen) atoms. The number of hydrogen-bond acceptors (Lipinski definition) is 4. The lowest BCUT2D eigenvalue weighted by atomic mass is 9.93. The Bertz CT molecular complexity index is 640. The van der Waals surface area contributed by atoms with Gasteiger partial charge in [-0.05, 0) is 65.6 Å². The van der Waals surface area contributed by atoms with Crippen molar-refractivity contribution < 1.29 is 14.3 Å². The average molecular weight is 382 g/mol. The van der Waals surface area contributed by atoms with Crippen LogP contribution in [0.1, 0.15) is 27.2 Å². The summed E-state index contributed by atoms with van der Waals surface area (Å²) in [6.07, 6.45) is 0.305. The highest BCUT2D eigenvalue weighted by molar-refractivity contribution is 6.30. The Hall–Kier alpha value is -1.79. The summed E-state index contributed by atoms with van der Waals surface area (Å²) in [5.74, 6) is -0.410. The summed E-state index contributed by atoms with van der Waals surface area (Å²) < 4.78 is 5.49. The number of piperidine rings is 1. The number of likely N-dealkylation sites (N-methyl/N-ethyl adjacent to an activating group) is 1. The maximum atomic E-state index is 12.7. The predicted octanol–water partition coefficient (Wildman–Crippen LogP) is 3.47. The molecule has 0 aromatic heterocycles. The van der Waals surface area contributed by atoms with Crippen LogP contribution in [-0.4, -0.2) is 60.6 Å². The standard InChI is InChI=1S/C19H28ClN3O3/c1-19(2,3)26-18(25)23-11-13(10-16(12-23)22(4)5)17(24)21-15-8-6-14(20)7-9-15/h6-9,13,16H,10-12H2,1-5H3,(H,21,24). The van der Waals surface area contributed by atoms with Crippen molar-refractivity contribution in [1.82, 2.24) is 9.80 Å². The van der Waals surface area contributed by atoms with Crippen molar-refractivity contribution in [2.75, 3.05) is 32.5 Å². The molecule has 1 saturated heterocycles. The van der Waals surface area contributed by atoms with Crippen molar-refractivity contribution in [1.29, 1.82) is 0 Å². The lowest BCUT2D eigenvalue weighted by molar-refractivity contribution is -0.122. The van der Waals surface area contributed by atoms with Crippen LogP contribution in [0.15, 0.2) is 24.3 Å². The number of hydrogen-bond donors (Lipinski definition) is 1. The molecule has 6 nitrogen and oxygen atoms in total. The van der Waals surface area contributed by atoms with Gasteiger partial charge in [-0.3, -0.25) is 4.79 Å². The second-order valence-electron chi connectivity index (χ2n) is 7.93. The van der Waals surface area contributed by atoms with Gasteiger partial charge in [-0.25, -0.2) is 4.79 Å². The van der Waals surface area contributed by atoms with Crippen molar-refractivity contribution in [3.05, 3.63) is 29.3 Å². The fourth-order valence-electron chi connectivity index (χ4n) is 2.89. The van der Waals surface area contributed by atoms with Gasteiger partial charge < -0.3 is 19.9 Å². The predicted molar refractivity (Wildman–Crippen MR) is 103 cm³/mol. The Labute approximate surface area is 160 Å². The van der Waals surface area contributed by atoms with Crippen LogP contribution in [0.3, 0.4) is 0 Å². The Balaban J connectivity index is 2.09. The highest BCUT2D eigenvalue weighted by Gasteiger charge is 2.36. The zero-order chi connectivity index (χ0) is 19.5. The molecule has 0 spiro atoms. The Morgan fingerprint density at radius 2 is 1.81 bits per heavy atom. The normalized spacial score (nSPS) is 20.8. The summed E-state index contributed by atoms with van der Waals surface area (Å²) in [5.41, 5.74) is 0.124. The molecular weight excluding hydrogens is 354 g/mol. The van der Waals surface area contributed by atoms with Crippen LogP contribution in [0.2, 0.25) is 5.02 Å². The van der Waals surface area contributed by atoms with E-state index in [9.17, 15) is 9.59 Å². The molecule has 1 aromatic carbocycles. The van der Waals surface area contributed by atoms with Gasteiger partial charge in [0.2, 0.25) is 5.91 Å². The molecule has 2 rings (SSSR count). The summed E-state index contributed by atoms with van der Waals surface area (Å²) in [4.78, 5) is 28.9. The molecule has 0 saturated carbocycles. The van der Waals surface area contributed by atoms with Gasteiger partial charge in [0, 0.05) is 29.8 Å². The summed E-state index contributed by atoms with van der Waals surface area (Å²) in [5, 5.41) is 3.53. The van der Waals surface area contributed by atoms with Crippen molar-refractivity contribution in [3.63, 3.8) is 0 Å². The molecule has 1 heterocycles. The van der Waals surface area contributed by atoms with Gasteiger partial charge in [0.25, 0.3) is 0 Å². The lowest BCUT2D eigenvalue weighted by Crippen LogP contribution is -2.54. The lowest BCUT2D eigenvalue weighted by Gasteiger charge is -2.40. The molecule has 1 aliphatic rings. The number of rotatable bonds is 3. The number of benzene rings is 1. The topological polar surface area (TPSA) is 61.9 Å². The Kier molecular flexibility index (Phi) is 6.53. The molecule has 0 bridgehead atoms. The second kappa shape index (κ2) is 8.27. The second-order valence-corrected chi connectivity index (χ2v) is 8.37. The molecular formula is C19H28ClN3O3. The Morgan fingerprint density at radius 3 is 2.35 bits per heavy atom. The van der Waals surface area contributed by atoms with Gasteiger partial charge in [-0.2, -0.15) is 0 Å². The van der Waals surface area contributed by atoms with Crippen molar-refractivity contribution in [3.8, 4) is 0 Å². The first-order valence-corrected chi connectivity index (χ1v) is 9.14. The van der Waals surface area contributed by atoms with Crippen LogP contribution in [-0.2, 0) is 9.53 Å². The first-order chi connectivity index (χ1) is 12.0. The van der Waals surface area contributed by atoms with E-state index in [1.807, 2.05) is 39.8 Å². The van der Waals surface area contributed by atoms with Gasteiger partial charge in [0.1, 0.15) is 5.60 Å². The van der Waals surface area contributed by atoms with E-state index in [1.54, 1.807) is 29.2 Å². The third kappa shape index (κ3) is 5.88. The molecule has 7 heteroatoms. The van der Waals surface area contributed by atoms with Gasteiger partial charge in [0.05, 0.1) is 5.92 Å². The number of nitrogens with zero attached hydrogens (tertiary/aromatic N) is 2. The van der Waals surface area contributed by atoms with Crippen molar-refractivity contribution in [2.45, 2.75) is 38.8 Å². The van der Waals surface area contributed by atoms with E-state index >= 15 is 0 Å². The minimum absolute atomic E-state index is 0.0947. The van der Waals surface area contributed by atoms with Crippen LogP contribution in [0.25, 0.3) is 0 Å². The third-order valence-electron chi connectivity index (χ3n) is 4.29. The van der Waals surface area contributed by atoms with Crippen molar-refractivity contribution >= 4 is 29.3 Å². The maximum Gasteiger partial charge on any atom is 0.410 e. The zero-order valence-corrected chi connectivity index (χ0v) is 16.8. The number of anilines is 1. The van der Waals surface area contributed by atoms with E-state index in [-0.39, 0.29) is 24.0 Å². The average Bonchev–Trinajstić information content (AvgIpc) is 2.55. The highest BCUT2D eigenvalue weighted by atomic mass is 35.5. The summed E-state index contributed by atoms with van der Waals surface area (Å²) in [6, 6.07) is 7.08. The van der Waals surface area contributed by atoms with Gasteiger partial charge in [-0.15, -0.1) is 0 Å². The maximum absolute atomic E-state index is 12.7. The molecule has 2 amide bonds. The minimum Gasteiger partial charge on any atom is -0.444 e. The van der Waals surface area contributed by atoms with Crippen LogP contribution in [0, 0.1) is 5.92 Å². The number of amides is 2. The van der Waals surface area contributed by atoms with Crippen LogP contribution < -0.4 is 5.32 Å². The Morgan fingerprint density at radius 1 is 1.19 bits per heavy atom. The highest BCUT2D eigenvalue weighted by Crippen LogP contribution is 2.24. The van der Waals surface area contributed by atoms with E-state index < -0.39 is 5.60 Å². The van der Waals surface area contributed by atoms with E-state index in [0.717, 1.165) is 0 Å². The third-order valence-corrected chi connectivity index (χ3v) is 4.55. The largest absolute Gasteiger partial charge is 0.444 e. The number of nitrogens with one attached hydrogen (secondary N) is 1. The van der Waals surface area contributed by atoms with E-state index in [0.29, 0.717) is 30.2 Å². The van der Waals surface area contributed by atoms with Crippen LogP contribution in [0.5, 0.6) is 0 Å². The monoisotopic (exact) mass is 381 g/mol. The number of halogens is 1. The van der Waals surface area contributed by atoms with Gasteiger partial charge >= 0.3 is 6.09 Å². The number of carbonyl (C=O) groups excluding carboxylic acids is 2. The van der Waals surface area contributed by atoms with E-state index in [1.165, 1.54) is 0 Å². The fraction of sp³-hybridized carbons (Fsp3) is 0.579. The smallest absolute Gasteiger partial charge is 0.410 e.